The molecule has 0 radical (unpaired) electrons. The average Bonchev–Trinajstić information content (AvgIpc) is 2.05. The molecule has 1 rings (SSSR count). The summed E-state index contributed by atoms with van der Waals surface area (Å²) < 4.78 is 10.4. The van der Waals surface area contributed by atoms with Crippen LogP contribution in [0.1, 0.15) is 11.4 Å². The van der Waals surface area contributed by atoms with Gasteiger partial charge in [-0.2, -0.15) is 0 Å². The maximum absolute atomic E-state index is 10.4. The van der Waals surface area contributed by atoms with Crippen LogP contribution in [-0.2, 0) is 24.0 Å². The van der Waals surface area contributed by atoms with Crippen molar-refractivity contribution in [1.29, 1.82) is 0 Å². The van der Waals surface area contributed by atoms with Crippen LogP contribution in [0, 0.1) is 0 Å². The zero-order valence-electron chi connectivity index (χ0n) is 6.47. The standard InChI is InChI=1S/C7H9O3P.Zn/c8-7(11(9)10)6-4-2-1-3-5-6;/h1-5,7-8,11H,(H,9,10);. The zero-order chi connectivity index (χ0) is 8.27. The van der Waals surface area contributed by atoms with Gasteiger partial charge in [0.15, 0.2) is 5.85 Å². The van der Waals surface area contributed by atoms with E-state index in [-0.39, 0.29) is 19.5 Å². The van der Waals surface area contributed by atoms with Crippen molar-refractivity contribution in [2.45, 2.75) is 5.85 Å². The van der Waals surface area contributed by atoms with Gasteiger partial charge in [0.2, 0.25) is 8.03 Å². The van der Waals surface area contributed by atoms with Crippen molar-refractivity contribution >= 4 is 8.03 Å². The molecule has 0 amide bonds. The number of hydrogen-bond acceptors (Lipinski definition) is 2. The minimum atomic E-state index is -2.86. The molecule has 0 aliphatic carbocycles. The maximum atomic E-state index is 10.4. The van der Waals surface area contributed by atoms with Crippen LogP contribution >= 0.6 is 8.03 Å². The van der Waals surface area contributed by atoms with Crippen molar-refractivity contribution in [3.8, 4) is 0 Å². The minimum absolute atomic E-state index is 0. The van der Waals surface area contributed by atoms with Gasteiger partial charge in [-0.1, -0.05) is 30.3 Å². The van der Waals surface area contributed by atoms with E-state index in [4.69, 9.17) is 10.00 Å². The Balaban J connectivity index is 0.00000121. The third-order valence-electron chi connectivity index (χ3n) is 1.35. The van der Waals surface area contributed by atoms with E-state index in [2.05, 4.69) is 0 Å². The van der Waals surface area contributed by atoms with Crippen LogP contribution in [0.5, 0.6) is 0 Å². The molecule has 2 unspecified atom stereocenters. The van der Waals surface area contributed by atoms with Crippen LogP contribution in [-0.4, -0.2) is 10.00 Å². The van der Waals surface area contributed by atoms with E-state index < -0.39 is 13.9 Å². The van der Waals surface area contributed by atoms with Gasteiger partial charge in [0.05, 0.1) is 0 Å². The zero-order valence-corrected chi connectivity index (χ0v) is 10.4. The molecule has 5 heteroatoms. The predicted octanol–water partition coefficient (Wildman–Crippen LogP) is 1.14. The van der Waals surface area contributed by atoms with E-state index in [1.165, 1.54) is 0 Å². The molecule has 12 heavy (non-hydrogen) atoms. The Morgan fingerprint density at radius 2 is 1.75 bits per heavy atom. The van der Waals surface area contributed by atoms with Gasteiger partial charge in [0.1, 0.15) is 0 Å². The summed E-state index contributed by atoms with van der Waals surface area (Å²) in [6.07, 6.45) is 0. The average molecular weight is 238 g/mol. The van der Waals surface area contributed by atoms with Gasteiger partial charge < -0.3 is 10.00 Å². The number of hydrogen-bond donors (Lipinski definition) is 2. The second-order valence-corrected chi connectivity index (χ2v) is 3.37. The fraction of sp³-hybridized carbons (Fsp3) is 0.143. The van der Waals surface area contributed by atoms with Gasteiger partial charge in [-0.15, -0.1) is 0 Å². The summed E-state index contributed by atoms with van der Waals surface area (Å²) in [4.78, 5) is 8.57. The Morgan fingerprint density at radius 3 is 2.17 bits per heavy atom. The van der Waals surface area contributed by atoms with Crippen LogP contribution in [0.25, 0.3) is 0 Å². The van der Waals surface area contributed by atoms with Crippen LogP contribution in [0.3, 0.4) is 0 Å². The molecule has 2 atom stereocenters. The fourth-order valence-electron chi connectivity index (χ4n) is 0.778. The van der Waals surface area contributed by atoms with Crippen LogP contribution < -0.4 is 0 Å². The summed E-state index contributed by atoms with van der Waals surface area (Å²) in [6.45, 7) is 0. The van der Waals surface area contributed by atoms with Gasteiger partial charge in [-0.3, -0.25) is 4.57 Å². The molecule has 0 bridgehead atoms. The van der Waals surface area contributed by atoms with Crippen LogP contribution in [0.2, 0.25) is 0 Å². The third kappa shape index (κ3) is 3.16. The van der Waals surface area contributed by atoms with E-state index in [1.807, 2.05) is 0 Å². The molecule has 0 aliphatic rings. The summed E-state index contributed by atoms with van der Waals surface area (Å²) in [6, 6.07) is 8.43. The first-order chi connectivity index (χ1) is 5.22. The molecule has 0 aromatic heterocycles. The predicted molar refractivity (Wildman–Crippen MR) is 42.6 cm³/mol. The molecule has 1 aromatic carbocycles. The Kier molecular flexibility index (Phi) is 5.60. The molecule has 0 aliphatic heterocycles. The molecule has 0 fully saturated rings. The van der Waals surface area contributed by atoms with Gasteiger partial charge >= 0.3 is 0 Å². The second kappa shape index (κ2) is 5.61. The molecule has 3 nitrogen and oxygen atoms in total. The molecular weight excluding hydrogens is 228 g/mol. The summed E-state index contributed by atoms with van der Waals surface area (Å²) in [5, 5.41) is 9.08. The number of rotatable bonds is 2. The first-order valence-corrected chi connectivity index (χ1v) is 4.61. The van der Waals surface area contributed by atoms with Gasteiger partial charge in [-0.25, -0.2) is 0 Å². The molecule has 0 saturated carbocycles. The van der Waals surface area contributed by atoms with Crippen molar-refractivity contribution in [3.05, 3.63) is 35.9 Å². The molecule has 0 saturated heterocycles. The first-order valence-electron chi connectivity index (χ1n) is 3.17. The smallest absolute Gasteiger partial charge is 0.221 e. The topological polar surface area (TPSA) is 57.5 Å². The van der Waals surface area contributed by atoms with E-state index >= 15 is 0 Å². The van der Waals surface area contributed by atoms with Gasteiger partial charge in [0.25, 0.3) is 0 Å². The Bertz CT molecular complexity index is 252. The summed E-state index contributed by atoms with van der Waals surface area (Å²) in [5.74, 6) is -1.22. The van der Waals surface area contributed by atoms with Crippen molar-refractivity contribution < 1.29 is 34.0 Å². The number of aliphatic hydroxyl groups is 1. The fourth-order valence-corrected chi connectivity index (χ4v) is 1.26. The molecule has 62 valence electrons. The van der Waals surface area contributed by atoms with Crippen molar-refractivity contribution in [3.63, 3.8) is 0 Å². The van der Waals surface area contributed by atoms with Gasteiger partial charge in [0, 0.05) is 19.5 Å². The summed E-state index contributed by atoms with van der Waals surface area (Å²) >= 11 is 0. The number of aliphatic hydroxyl groups excluding tert-OH is 1. The third-order valence-corrected chi connectivity index (χ3v) is 2.15. The quantitative estimate of drug-likeness (QED) is 0.599. The van der Waals surface area contributed by atoms with E-state index in [1.54, 1.807) is 30.3 Å². The van der Waals surface area contributed by atoms with E-state index in [0.29, 0.717) is 5.56 Å². The second-order valence-electron chi connectivity index (χ2n) is 2.15. The largest absolute Gasteiger partial charge is 0.378 e. The monoisotopic (exact) mass is 236 g/mol. The normalized spacial score (nSPS) is 14.5. The Morgan fingerprint density at radius 1 is 1.25 bits per heavy atom. The maximum Gasteiger partial charge on any atom is 0.221 e. The molecule has 2 N–H and O–H groups in total. The summed E-state index contributed by atoms with van der Waals surface area (Å²) in [5.41, 5.74) is 0.485. The SMILES string of the molecule is O=[PH](O)C(O)c1ccccc1.[Zn]. The number of benzene rings is 1. The Hall–Kier alpha value is -0.00662. The Labute approximate surface area is 84.1 Å². The van der Waals surface area contributed by atoms with Crippen LogP contribution in [0.15, 0.2) is 30.3 Å². The first kappa shape index (κ1) is 12.0. The minimum Gasteiger partial charge on any atom is -0.378 e. The van der Waals surface area contributed by atoms with Crippen molar-refractivity contribution in [2.75, 3.05) is 0 Å². The van der Waals surface area contributed by atoms with Crippen molar-refractivity contribution in [1.82, 2.24) is 0 Å². The van der Waals surface area contributed by atoms with Crippen molar-refractivity contribution in [2.24, 2.45) is 0 Å². The molecule has 1 aromatic rings. The molecule has 0 spiro atoms. The van der Waals surface area contributed by atoms with Gasteiger partial charge in [-0.05, 0) is 5.56 Å². The molecular formula is C7H9O3PZn. The van der Waals surface area contributed by atoms with E-state index in [9.17, 15) is 4.57 Å². The van der Waals surface area contributed by atoms with E-state index in [0.717, 1.165) is 0 Å². The van der Waals surface area contributed by atoms with Crippen LogP contribution in [0.4, 0.5) is 0 Å². The molecule has 0 heterocycles. The summed E-state index contributed by atoms with van der Waals surface area (Å²) in [7, 11) is -2.86.